The zero-order valence-electron chi connectivity index (χ0n) is 12.6. The molecule has 0 unspecified atom stereocenters. The van der Waals surface area contributed by atoms with Gasteiger partial charge in [-0.15, -0.1) is 0 Å². The molecule has 0 aliphatic rings. The molecule has 0 saturated carbocycles. The number of hydrogen-bond donors (Lipinski definition) is 1. The number of rotatable bonds is 7. The highest BCUT2D eigenvalue weighted by Crippen LogP contribution is 2.20. The number of hydrogen-bond acceptors (Lipinski definition) is 5. The Labute approximate surface area is 115 Å². The van der Waals surface area contributed by atoms with Crippen LogP contribution < -0.4 is 10.1 Å². The van der Waals surface area contributed by atoms with Gasteiger partial charge in [0.05, 0.1) is 6.61 Å². The Morgan fingerprint density at radius 2 is 2.00 bits per heavy atom. The summed E-state index contributed by atoms with van der Waals surface area (Å²) in [5.74, 6) is 2.00. The van der Waals surface area contributed by atoms with Crippen molar-refractivity contribution in [2.75, 3.05) is 25.6 Å². The van der Waals surface area contributed by atoms with Crippen LogP contribution in [0.5, 0.6) is 5.88 Å². The Balaban J connectivity index is 2.69. The minimum Gasteiger partial charge on any atom is -0.478 e. The molecule has 1 heterocycles. The Bertz CT molecular complexity index is 365. The lowest BCUT2D eigenvalue weighted by Crippen LogP contribution is -2.12. The van der Waals surface area contributed by atoms with Crippen molar-refractivity contribution in [3.63, 3.8) is 0 Å². The van der Waals surface area contributed by atoms with Crippen molar-refractivity contribution in [3.05, 3.63) is 11.9 Å². The van der Waals surface area contributed by atoms with E-state index in [1.165, 1.54) is 0 Å². The van der Waals surface area contributed by atoms with Gasteiger partial charge in [0, 0.05) is 19.7 Å². The van der Waals surface area contributed by atoms with Crippen molar-refractivity contribution in [2.24, 2.45) is 5.41 Å². The molecule has 0 aliphatic carbocycles. The van der Waals surface area contributed by atoms with Crippen molar-refractivity contribution in [3.8, 4) is 5.88 Å². The third-order valence-corrected chi connectivity index (χ3v) is 2.48. The Morgan fingerprint density at radius 1 is 1.26 bits per heavy atom. The second-order valence-corrected chi connectivity index (χ2v) is 5.63. The molecule has 1 aromatic rings. The van der Waals surface area contributed by atoms with Crippen LogP contribution in [-0.2, 0) is 11.3 Å². The summed E-state index contributed by atoms with van der Waals surface area (Å²) in [4.78, 5) is 8.67. The summed E-state index contributed by atoms with van der Waals surface area (Å²) in [7, 11) is 1.63. The van der Waals surface area contributed by atoms with Crippen molar-refractivity contribution in [1.82, 2.24) is 9.97 Å². The lowest BCUT2D eigenvalue weighted by molar-refractivity contribution is 0.175. The van der Waals surface area contributed by atoms with Crippen LogP contribution in [0.4, 0.5) is 5.82 Å². The van der Waals surface area contributed by atoms with Gasteiger partial charge in [0.2, 0.25) is 5.88 Å². The summed E-state index contributed by atoms with van der Waals surface area (Å²) < 4.78 is 10.8. The van der Waals surface area contributed by atoms with E-state index >= 15 is 0 Å². The highest BCUT2D eigenvalue weighted by molar-refractivity contribution is 5.38. The van der Waals surface area contributed by atoms with Gasteiger partial charge < -0.3 is 14.8 Å². The van der Waals surface area contributed by atoms with Crippen LogP contribution in [0.25, 0.3) is 0 Å². The van der Waals surface area contributed by atoms with Crippen LogP contribution >= 0.6 is 0 Å². The molecule has 1 aromatic heterocycles. The highest BCUT2D eigenvalue weighted by Gasteiger charge is 2.11. The van der Waals surface area contributed by atoms with Gasteiger partial charge in [-0.2, -0.15) is 4.98 Å². The average molecular weight is 267 g/mol. The maximum atomic E-state index is 5.71. The van der Waals surface area contributed by atoms with Crippen LogP contribution in [0.3, 0.4) is 0 Å². The number of nitrogens with zero attached hydrogens (tertiary/aromatic N) is 2. The highest BCUT2D eigenvalue weighted by atomic mass is 16.5. The summed E-state index contributed by atoms with van der Waals surface area (Å²) in [6.07, 6.45) is 0.979. The van der Waals surface area contributed by atoms with Gasteiger partial charge in [0.15, 0.2) is 5.82 Å². The summed E-state index contributed by atoms with van der Waals surface area (Å²) in [5.41, 5.74) is 0.257. The average Bonchev–Trinajstić information content (AvgIpc) is 2.28. The molecule has 1 rings (SSSR count). The standard InChI is InChI=1S/C14H25N3O2/c1-6-15-11-9-13(17-12(16-11)10-18-5)19-8-7-14(2,3)4/h9H,6-8,10H2,1-5H3,(H,15,16,17). The third-order valence-electron chi connectivity index (χ3n) is 2.48. The topological polar surface area (TPSA) is 56.3 Å². The zero-order chi connectivity index (χ0) is 14.3. The van der Waals surface area contributed by atoms with Crippen molar-refractivity contribution < 1.29 is 9.47 Å². The van der Waals surface area contributed by atoms with Crippen LogP contribution in [-0.4, -0.2) is 30.2 Å². The molecule has 0 spiro atoms. The van der Waals surface area contributed by atoms with E-state index < -0.39 is 0 Å². The molecule has 5 nitrogen and oxygen atoms in total. The molecule has 19 heavy (non-hydrogen) atoms. The number of aromatic nitrogens is 2. The fourth-order valence-corrected chi connectivity index (χ4v) is 1.47. The van der Waals surface area contributed by atoms with Gasteiger partial charge in [-0.3, -0.25) is 0 Å². The Morgan fingerprint density at radius 3 is 2.58 bits per heavy atom. The first-order chi connectivity index (χ1) is 8.94. The molecule has 108 valence electrons. The first-order valence-electron chi connectivity index (χ1n) is 6.68. The monoisotopic (exact) mass is 267 g/mol. The molecular formula is C14H25N3O2. The first-order valence-corrected chi connectivity index (χ1v) is 6.68. The molecule has 0 radical (unpaired) electrons. The second-order valence-electron chi connectivity index (χ2n) is 5.63. The number of methoxy groups -OCH3 is 1. The van der Waals surface area contributed by atoms with Gasteiger partial charge in [-0.1, -0.05) is 20.8 Å². The lowest BCUT2D eigenvalue weighted by atomic mass is 9.93. The van der Waals surface area contributed by atoms with Gasteiger partial charge in [-0.05, 0) is 18.8 Å². The van der Waals surface area contributed by atoms with E-state index in [1.54, 1.807) is 7.11 Å². The molecule has 0 amide bonds. The van der Waals surface area contributed by atoms with E-state index in [2.05, 4.69) is 36.1 Å². The molecule has 0 bridgehead atoms. The molecular weight excluding hydrogens is 242 g/mol. The minimum atomic E-state index is 0.257. The SMILES string of the molecule is CCNc1cc(OCCC(C)(C)C)nc(COC)n1. The fourth-order valence-electron chi connectivity index (χ4n) is 1.47. The number of ether oxygens (including phenoxy) is 2. The summed E-state index contributed by atoms with van der Waals surface area (Å²) in [5, 5.41) is 3.17. The molecule has 0 aliphatic heterocycles. The van der Waals surface area contributed by atoms with Crippen molar-refractivity contribution >= 4 is 5.82 Å². The number of anilines is 1. The van der Waals surface area contributed by atoms with Crippen LogP contribution in [0.15, 0.2) is 6.07 Å². The third kappa shape index (κ3) is 6.38. The maximum absolute atomic E-state index is 5.71. The fraction of sp³-hybridized carbons (Fsp3) is 0.714. The normalized spacial score (nSPS) is 11.4. The summed E-state index contributed by atoms with van der Waals surface area (Å²) in [6, 6.07) is 1.82. The molecule has 0 atom stereocenters. The van der Waals surface area contributed by atoms with Gasteiger partial charge in [-0.25, -0.2) is 4.98 Å². The maximum Gasteiger partial charge on any atom is 0.218 e. The van der Waals surface area contributed by atoms with E-state index in [-0.39, 0.29) is 5.41 Å². The van der Waals surface area contributed by atoms with Crippen LogP contribution in [0.1, 0.15) is 39.9 Å². The second kappa shape index (κ2) is 7.28. The minimum absolute atomic E-state index is 0.257. The Kier molecular flexibility index (Phi) is 6.02. The largest absolute Gasteiger partial charge is 0.478 e. The Hall–Kier alpha value is -1.36. The van der Waals surface area contributed by atoms with Gasteiger partial charge in [0.1, 0.15) is 12.4 Å². The van der Waals surface area contributed by atoms with E-state index in [9.17, 15) is 0 Å². The van der Waals surface area contributed by atoms with Crippen LogP contribution in [0, 0.1) is 5.41 Å². The first kappa shape index (κ1) is 15.7. The van der Waals surface area contributed by atoms with E-state index in [1.807, 2.05) is 13.0 Å². The van der Waals surface area contributed by atoms with E-state index in [0.717, 1.165) is 18.8 Å². The molecule has 0 fully saturated rings. The van der Waals surface area contributed by atoms with Gasteiger partial charge >= 0.3 is 0 Å². The number of nitrogens with one attached hydrogen (secondary N) is 1. The molecule has 0 aromatic carbocycles. The predicted octanol–water partition coefficient (Wildman–Crippen LogP) is 2.87. The van der Waals surface area contributed by atoms with E-state index in [0.29, 0.717) is 24.9 Å². The van der Waals surface area contributed by atoms with Crippen molar-refractivity contribution in [1.29, 1.82) is 0 Å². The predicted molar refractivity (Wildman–Crippen MR) is 76.5 cm³/mol. The van der Waals surface area contributed by atoms with Crippen molar-refractivity contribution in [2.45, 2.75) is 40.7 Å². The van der Waals surface area contributed by atoms with Crippen LogP contribution in [0.2, 0.25) is 0 Å². The summed E-state index contributed by atoms with van der Waals surface area (Å²) in [6.45, 7) is 10.4. The summed E-state index contributed by atoms with van der Waals surface area (Å²) >= 11 is 0. The zero-order valence-corrected chi connectivity index (χ0v) is 12.6. The van der Waals surface area contributed by atoms with E-state index in [4.69, 9.17) is 9.47 Å². The molecule has 1 N–H and O–H groups in total. The quantitative estimate of drug-likeness (QED) is 0.823. The lowest BCUT2D eigenvalue weighted by Gasteiger charge is -2.18. The smallest absolute Gasteiger partial charge is 0.218 e. The van der Waals surface area contributed by atoms with Gasteiger partial charge in [0.25, 0.3) is 0 Å². The molecule has 5 heteroatoms. The molecule has 0 saturated heterocycles.